The summed E-state index contributed by atoms with van der Waals surface area (Å²) in [5.41, 5.74) is 3.43. The summed E-state index contributed by atoms with van der Waals surface area (Å²) in [6, 6.07) is 6.94. The number of amides is 1. The average Bonchev–Trinajstić information content (AvgIpc) is 2.92. The topological polar surface area (TPSA) is 93.2 Å². The highest BCUT2D eigenvalue weighted by atomic mass is 16.3. The number of carbonyl (C=O) groups is 1. The van der Waals surface area contributed by atoms with E-state index in [0.29, 0.717) is 24.3 Å². The van der Waals surface area contributed by atoms with E-state index in [2.05, 4.69) is 15.7 Å². The Morgan fingerprint density at radius 3 is 3.06 bits per heavy atom. The van der Waals surface area contributed by atoms with E-state index in [1.807, 2.05) is 12.1 Å². The van der Waals surface area contributed by atoms with E-state index < -0.39 is 0 Å². The lowest BCUT2D eigenvalue weighted by atomic mass is 10.3. The molecule has 0 fully saturated rings. The molecule has 0 saturated heterocycles. The number of nitrogens with zero attached hydrogens (tertiary/aromatic N) is 1. The minimum Gasteiger partial charge on any atom is -0.469 e. The molecule has 0 saturated carbocycles. The lowest BCUT2D eigenvalue weighted by molar-refractivity contribution is 0.0949. The van der Waals surface area contributed by atoms with Crippen LogP contribution >= 0.6 is 0 Å². The van der Waals surface area contributed by atoms with Gasteiger partial charge in [-0.05, 0) is 24.3 Å². The van der Waals surface area contributed by atoms with Gasteiger partial charge in [0.2, 0.25) is 0 Å². The maximum atomic E-state index is 11.8. The summed E-state index contributed by atoms with van der Waals surface area (Å²) in [5, 5.41) is 2.76. The van der Waals surface area contributed by atoms with Crippen LogP contribution in [0.5, 0.6) is 0 Å². The average molecular weight is 246 g/mol. The van der Waals surface area contributed by atoms with Crippen LogP contribution in [0.15, 0.2) is 41.1 Å². The van der Waals surface area contributed by atoms with Crippen molar-refractivity contribution in [2.75, 3.05) is 12.0 Å². The van der Waals surface area contributed by atoms with E-state index in [1.165, 1.54) is 6.20 Å². The third-order valence-electron chi connectivity index (χ3n) is 2.40. The Morgan fingerprint density at radius 2 is 2.33 bits per heavy atom. The van der Waals surface area contributed by atoms with E-state index in [1.54, 1.807) is 18.4 Å². The smallest absolute Gasteiger partial charge is 0.269 e. The number of aromatic nitrogens is 1. The van der Waals surface area contributed by atoms with Gasteiger partial charge in [-0.1, -0.05) is 0 Å². The number of furan rings is 1. The Morgan fingerprint density at radius 1 is 1.44 bits per heavy atom. The van der Waals surface area contributed by atoms with Crippen LogP contribution in [0.1, 0.15) is 16.2 Å². The number of carbonyl (C=O) groups excluding carboxylic acids is 1. The van der Waals surface area contributed by atoms with E-state index in [4.69, 9.17) is 10.3 Å². The van der Waals surface area contributed by atoms with Gasteiger partial charge in [0.1, 0.15) is 11.5 Å². The molecule has 2 aromatic rings. The summed E-state index contributed by atoms with van der Waals surface area (Å²) in [6.07, 6.45) is 3.78. The Kier molecular flexibility index (Phi) is 3.93. The van der Waals surface area contributed by atoms with Gasteiger partial charge in [0, 0.05) is 19.2 Å². The minimum atomic E-state index is -0.237. The van der Waals surface area contributed by atoms with Crippen LogP contribution in [-0.2, 0) is 6.42 Å². The monoisotopic (exact) mass is 246 g/mol. The fraction of sp³-hybridized carbons (Fsp3) is 0.167. The van der Waals surface area contributed by atoms with Crippen LogP contribution in [0.3, 0.4) is 0 Å². The largest absolute Gasteiger partial charge is 0.469 e. The third kappa shape index (κ3) is 3.08. The molecule has 0 aromatic carbocycles. The predicted octanol–water partition coefficient (Wildman–Crippen LogP) is 0.933. The summed E-state index contributed by atoms with van der Waals surface area (Å²) < 4.78 is 5.16. The van der Waals surface area contributed by atoms with Gasteiger partial charge >= 0.3 is 0 Å². The first-order chi connectivity index (χ1) is 8.79. The summed E-state index contributed by atoms with van der Waals surface area (Å²) in [7, 11) is 0. The van der Waals surface area contributed by atoms with Crippen LogP contribution < -0.4 is 16.6 Å². The predicted molar refractivity (Wildman–Crippen MR) is 66.8 cm³/mol. The highest BCUT2D eigenvalue weighted by Crippen LogP contribution is 2.06. The van der Waals surface area contributed by atoms with E-state index >= 15 is 0 Å². The molecule has 4 N–H and O–H groups in total. The minimum absolute atomic E-state index is 0.237. The number of hydrogen-bond donors (Lipinski definition) is 3. The lowest BCUT2D eigenvalue weighted by Crippen LogP contribution is -2.26. The molecule has 0 atom stereocenters. The summed E-state index contributed by atoms with van der Waals surface area (Å²) >= 11 is 0. The molecule has 0 radical (unpaired) electrons. The quantitative estimate of drug-likeness (QED) is 0.539. The first-order valence-electron chi connectivity index (χ1n) is 5.53. The van der Waals surface area contributed by atoms with Crippen LogP contribution in [0, 0.1) is 0 Å². The number of nitrogen functional groups attached to an aromatic ring is 1. The third-order valence-corrected chi connectivity index (χ3v) is 2.40. The van der Waals surface area contributed by atoms with Gasteiger partial charge in [0.15, 0.2) is 0 Å². The Labute approximate surface area is 104 Å². The zero-order chi connectivity index (χ0) is 12.8. The second-order valence-corrected chi connectivity index (χ2v) is 3.66. The van der Waals surface area contributed by atoms with Crippen LogP contribution in [-0.4, -0.2) is 17.4 Å². The highest BCUT2D eigenvalue weighted by Gasteiger charge is 2.07. The molecule has 2 rings (SSSR count). The molecule has 0 unspecified atom stereocenters. The summed E-state index contributed by atoms with van der Waals surface area (Å²) in [5.74, 6) is 5.86. The molecular formula is C12H14N4O2. The van der Waals surface area contributed by atoms with Crippen molar-refractivity contribution in [1.82, 2.24) is 10.3 Å². The van der Waals surface area contributed by atoms with Crippen molar-refractivity contribution in [3.63, 3.8) is 0 Å². The SMILES string of the molecule is NNc1ccnc(C(=O)NCCc2ccco2)c1. The number of nitrogens with one attached hydrogen (secondary N) is 2. The second kappa shape index (κ2) is 5.83. The Hall–Kier alpha value is -2.34. The molecule has 6 nitrogen and oxygen atoms in total. The van der Waals surface area contributed by atoms with Gasteiger partial charge in [-0.25, -0.2) is 0 Å². The van der Waals surface area contributed by atoms with Gasteiger partial charge in [-0.2, -0.15) is 0 Å². The van der Waals surface area contributed by atoms with Crippen molar-refractivity contribution in [2.45, 2.75) is 6.42 Å². The molecule has 6 heteroatoms. The molecule has 0 bridgehead atoms. The molecule has 2 heterocycles. The Bertz CT molecular complexity index is 511. The molecule has 2 aromatic heterocycles. The van der Waals surface area contributed by atoms with E-state index in [-0.39, 0.29) is 5.91 Å². The fourth-order valence-electron chi connectivity index (χ4n) is 1.49. The van der Waals surface area contributed by atoms with Gasteiger partial charge in [-0.15, -0.1) is 0 Å². The number of pyridine rings is 1. The lowest BCUT2D eigenvalue weighted by Gasteiger charge is -2.05. The van der Waals surface area contributed by atoms with Gasteiger partial charge in [-0.3, -0.25) is 15.6 Å². The second-order valence-electron chi connectivity index (χ2n) is 3.66. The molecule has 18 heavy (non-hydrogen) atoms. The summed E-state index contributed by atoms with van der Waals surface area (Å²) in [4.78, 5) is 15.7. The van der Waals surface area contributed by atoms with Crippen LogP contribution in [0.25, 0.3) is 0 Å². The van der Waals surface area contributed by atoms with Crippen molar-refractivity contribution in [1.29, 1.82) is 0 Å². The number of rotatable bonds is 5. The first-order valence-corrected chi connectivity index (χ1v) is 5.53. The molecule has 1 amide bonds. The maximum Gasteiger partial charge on any atom is 0.269 e. The van der Waals surface area contributed by atoms with Crippen LogP contribution in [0.2, 0.25) is 0 Å². The van der Waals surface area contributed by atoms with Crippen molar-refractivity contribution < 1.29 is 9.21 Å². The fourth-order valence-corrected chi connectivity index (χ4v) is 1.49. The summed E-state index contributed by atoms with van der Waals surface area (Å²) in [6.45, 7) is 0.494. The van der Waals surface area contributed by atoms with Crippen molar-refractivity contribution in [3.8, 4) is 0 Å². The molecule has 0 aliphatic rings. The first kappa shape index (κ1) is 12.1. The number of hydrogen-bond acceptors (Lipinski definition) is 5. The highest BCUT2D eigenvalue weighted by molar-refractivity contribution is 5.93. The molecule has 0 spiro atoms. The normalized spacial score (nSPS) is 10.1. The number of nitrogens with two attached hydrogens (primary N) is 1. The number of hydrazine groups is 1. The maximum absolute atomic E-state index is 11.8. The van der Waals surface area contributed by atoms with Gasteiger partial charge in [0.25, 0.3) is 5.91 Å². The van der Waals surface area contributed by atoms with E-state index in [0.717, 1.165) is 5.76 Å². The molecule has 0 aliphatic heterocycles. The van der Waals surface area contributed by atoms with E-state index in [9.17, 15) is 4.79 Å². The number of anilines is 1. The van der Waals surface area contributed by atoms with Crippen molar-refractivity contribution >= 4 is 11.6 Å². The van der Waals surface area contributed by atoms with Crippen molar-refractivity contribution in [2.24, 2.45) is 5.84 Å². The van der Waals surface area contributed by atoms with Crippen molar-refractivity contribution in [3.05, 3.63) is 48.2 Å². The van der Waals surface area contributed by atoms with Gasteiger partial charge < -0.3 is 15.2 Å². The van der Waals surface area contributed by atoms with Crippen LogP contribution in [0.4, 0.5) is 5.69 Å². The molecule has 94 valence electrons. The Balaban J connectivity index is 1.87. The molecular weight excluding hydrogens is 232 g/mol. The standard InChI is InChI=1S/C12H14N4O2/c13-16-9-3-5-14-11(8-9)12(17)15-6-4-10-2-1-7-18-10/h1-3,5,7-8H,4,6,13H2,(H,14,16)(H,15,17). The molecule has 0 aliphatic carbocycles. The zero-order valence-electron chi connectivity index (χ0n) is 9.72. The van der Waals surface area contributed by atoms with Gasteiger partial charge in [0.05, 0.1) is 12.0 Å². The zero-order valence-corrected chi connectivity index (χ0v) is 9.72.